The quantitative estimate of drug-likeness (QED) is 0.673. The van der Waals surface area contributed by atoms with Gasteiger partial charge in [-0.2, -0.15) is 9.25 Å². The Bertz CT molecular complexity index is 935. The van der Waals surface area contributed by atoms with E-state index in [1.807, 2.05) is 19.2 Å². The molecule has 0 amide bonds. The maximum atomic E-state index is 4.46. The maximum absolute atomic E-state index is 4.46. The summed E-state index contributed by atoms with van der Waals surface area (Å²) in [6, 6.07) is 6.92. The molecule has 1 aromatic carbocycles. The van der Waals surface area contributed by atoms with E-state index in [2.05, 4.69) is 85.1 Å². The van der Waals surface area contributed by atoms with Gasteiger partial charge in [0.2, 0.25) is 0 Å². The number of rotatable bonds is 3. The first-order chi connectivity index (χ1) is 11.8. The molecule has 0 bridgehead atoms. The fourth-order valence-corrected chi connectivity index (χ4v) is 3.86. The summed E-state index contributed by atoms with van der Waals surface area (Å²) in [5.41, 5.74) is 7.63. The van der Waals surface area contributed by atoms with Crippen LogP contribution in [0.15, 0.2) is 36.8 Å². The van der Waals surface area contributed by atoms with Gasteiger partial charge in [-0.15, -0.1) is 4.68 Å². The van der Waals surface area contributed by atoms with Crippen molar-refractivity contribution in [3.8, 4) is 16.9 Å². The summed E-state index contributed by atoms with van der Waals surface area (Å²) in [4.78, 5) is 4.46. The first-order valence-corrected chi connectivity index (χ1v) is 8.85. The van der Waals surface area contributed by atoms with E-state index in [4.69, 9.17) is 0 Å². The molecule has 2 aromatic heterocycles. The van der Waals surface area contributed by atoms with Crippen molar-refractivity contribution in [2.75, 3.05) is 0 Å². The van der Waals surface area contributed by atoms with Crippen LogP contribution in [0.2, 0.25) is 0 Å². The SMILES string of the molecule is Cc1cc(C)c(-[n+]2cccnc2C)c(C)c1-c1cc[n+](C(C)C)n1C. The van der Waals surface area contributed by atoms with Crippen LogP contribution in [0.3, 0.4) is 0 Å². The van der Waals surface area contributed by atoms with Gasteiger partial charge in [0.25, 0.3) is 5.82 Å². The zero-order valence-electron chi connectivity index (χ0n) is 16.3. The zero-order chi connectivity index (χ0) is 18.3. The fourth-order valence-electron chi connectivity index (χ4n) is 3.86. The molecule has 4 heteroatoms. The molecule has 0 N–H and O–H groups in total. The van der Waals surface area contributed by atoms with Crippen LogP contribution >= 0.6 is 0 Å². The Morgan fingerprint density at radius 1 is 1.04 bits per heavy atom. The smallest absolute Gasteiger partial charge is 0.200 e. The van der Waals surface area contributed by atoms with Gasteiger partial charge in [-0.05, 0) is 45.7 Å². The van der Waals surface area contributed by atoms with Crippen LogP contribution in [-0.2, 0) is 7.05 Å². The van der Waals surface area contributed by atoms with Crippen LogP contribution in [0.4, 0.5) is 0 Å². The fraction of sp³-hybridized carbons (Fsp3) is 0.381. The Morgan fingerprint density at radius 2 is 1.76 bits per heavy atom. The normalized spacial score (nSPS) is 11.4. The first-order valence-electron chi connectivity index (χ1n) is 8.85. The Balaban J connectivity index is 2.30. The van der Waals surface area contributed by atoms with Gasteiger partial charge in [-0.1, -0.05) is 11.1 Å². The number of nitrogens with zero attached hydrogens (tertiary/aromatic N) is 4. The van der Waals surface area contributed by atoms with Crippen molar-refractivity contribution in [1.29, 1.82) is 0 Å². The summed E-state index contributed by atoms with van der Waals surface area (Å²) >= 11 is 0. The number of aryl methyl sites for hydroxylation is 3. The third kappa shape index (κ3) is 2.86. The summed E-state index contributed by atoms with van der Waals surface area (Å²) in [7, 11) is 2.14. The molecule has 3 rings (SSSR count). The van der Waals surface area contributed by atoms with Gasteiger partial charge in [0, 0.05) is 30.2 Å². The molecule has 4 nitrogen and oxygen atoms in total. The zero-order valence-corrected chi connectivity index (χ0v) is 16.3. The Morgan fingerprint density at radius 3 is 2.36 bits per heavy atom. The van der Waals surface area contributed by atoms with Gasteiger partial charge in [0.15, 0.2) is 12.2 Å². The van der Waals surface area contributed by atoms with E-state index in [1.165, 1.54) is 33.6 Å². The van der Waals surface area contributed by atoms with E-state index >= 15 is 0 Å². The lowest BCUT2D eigenvalue weighted by atomic mass is 9.94. The van der Waals surface area contributed by atoms with Crippen LogP contribution in [0.5, 0.6) is 0 Å². The highest BCUT2D eigenvalue weighted by Gasteiger charge is 2.23. The van der Waals surface area contributed by atoms with E-state index in [9.17, 15) is 0 Å². The molecule has 0 radical (unpaired) electrons. The molecule has 0 aliphatic carbocycles. The number of aromatic nitrogens is 4. The van der Waals surface area contributed by atoms with E-state index in [1.54, 1.807) is 0 Å². The molecule has 0 spiro atoms. The Kier molecular flexibility index (Phi) is 4.46. The van der Waals surface area contributed by atoms with Crippen LogP contribution in [0.25, 0.3) is 16.9 Å². The average molecular weight is 336 g/mol. The third-order valence-electron chi connectivity index (χ3n) is 4.97. The van der Waals surface area contributed by atoms with Crippen molar-refractivity contribution in [2.45, 2.75) is 47.6 Å². The van der Waals surface area contributed by atoms with Gasteiger partial charge < -0.3 is 0 Å². The summed E-state index contributed by atoms with van der Waals surface area (Å²) in [5, 5.41) is 0. The van der Waals surface area contributed by atoms with E-state index in [0.717, 1.165) is 5.82 Å². The second-order valence-corrected chi connectivity index (χ2v) is 7.09. The molecule has 130 valence electrons. The molecule has 0 aliphatic heterocycles. The van der Waals surface area contributed by atoms with Crippen molar-refractivity contribution in [1.82, 2.24) is 9.67 Å². The molecule has 3 aromatic rings. The van der Waals surface area contributed by atoms with E-state index in [-0.39, 0.29) is 0 Å². The van der Waals surface area contributed by atoms with Crippen LogP contribution in [0.1, 0.15) is 42.4 Å². The second kappa shape index (κ2) is 6.43. The molecule has 0 saturated heterocycles. The van der Waals surface area contributed by atoms with E-state index in [0.29, 0.717) is 6.04 Å². The van der Waals surface area contributed by atoms with Crippen LogP contribution in [-0.4, -0.2) is 9.67 Å². The van der Waals surface area contributed by atoms with Gasteiger partial charge in [-0.3, -0.25) is 0 Å². The van der Waals surface area contributed by atoms with Crippen molar-refractivity contribution in [3.63, 3.8) is 0 Å². The van der Waals surface area contributed by atoms with Crippen molar-refractivity contribution >= 4 is 0 Å². The summed E-state index contributed by atoms with van der Waals surface area (Å²) in [6.45, 7) is 13.1. The summed E-state index contributed by atoms with van der Waals surface area (Å²) in [5.74, 6) is 0.993. The minimum atomic E-state index is 0.430. The summed E-state index contributed by atoms with van der Waals surface area (Å²) in [6.07, 6.45) is 6.10. The molecule has 0 saturated carbocycles. The predicted molar refractivity (Wildman–Crippen MR) is 99.7 cm³/mol. The van der Waals surface area contributed by atoms with Gasteiger partial charge in [0.05, 0.1) is 7.05 Å². The van der Waals surface area contributed by atoms with Crippen molar-refractivity contribution in [3.05, 3.63) is 59.3 Å². The molecule has 0 unspecified atom stereocenters. The molecule has 0 fully saturated rings. The molecule has 0 atom stereocenters. The monoisotopic (exact) mass is 336 g/mol. The Labute approximate surface area is 150 Å². The van der Waals surface area contributed by atoms with Crippen LogP contribution in [0, 0.1) is 27.7 Å². The standard InChI is InChI=1S/C21H28N4/c1-14(2)25-12-9-19(23(25)7)20-15(3)13-16(4)21(17(20)5)24-11-8-10-22-18(24)6/h8-14H,1-7H3/q+2. The molecule has 25 heavy (non-hydrogen) atoms. The van der Waals surface area contributed by atoms with Crippen molar-refractivity contribution in [2.24, 2.45) is 7.05 Å². The third-order valence-corrected chi connectivity index (χ3v) is 4.97. The number of hydrogen-bond acceptors (Lipinski definition) is 1. The van der Waals surface area contributed by atoms with Gasteiger partial charge >= 0.3 is 0 Å². The lowest BCUT2D eigenvalue weighted by molar-refractivity contribution is -0.789. The molecule has 2 heterocycles. The predicted octanol–water partition coefficient (Wildman–Crippen LogP) is 3.47. The minimum Gasteiger partial charge on any atom is -0.200 e. The lowest BCUT2D eigenvalue weighted by Gasteiger charge is -2.16. The van der Waals surface area contributed by atoms with Crippen LogP contribution < -0.4 is 9.25 Å². The maximum Gasteiger partial charge on any atom is 0.300 e. The van der Waals surface area contributed by atoms with Gasteiger partial charge in [0.1, 0.15) is 23.8 Å². The minimum absolute atomic E-state index is 0.430. The van der Waals surface area contributed by atoms with Gasteiger partial charge in [-0.25, -0.2) is 0 Å². The second-order valence-electron chi connectivity index (χ2n) is 7.09. The Hall–Kier alpha value is -2.49. The van der Waals surface area contributed by atoms with E-state index < -0.39 is 0 Å². The molecular weight excluding hydrogens is 308 g/mol. The largest absolute Gasteiger partial charge is 0.300 e. The average Bonchev–Trinajstić information content (AvgIpc) is 2.90. The van der Waals surface area contributed by atoms with Crippen molar-refractivity contribution < 1.29 is 9.25 Å². The topological polar surface area (TPSA) is 25.6 Å². The molecular formula is C21H28N4+2. The lowest BCUT2D eigenvalue weighted by Crippen LogP contribution is -2.43. The first kappa shape index (κ1) is 17.3. The molecule has 0 aliphatic rings. The summed E-state index contributed by atoms with van der Waals surface area (Å²) < 4.78 is 6.70. The highest BCUT2D eigenvalue weighted by molar-refractivity contribution is 5.71. The number of benzene rings is 1. The highest BCUT2D eigenvalue weighted by atomic mass is 15.4. The number of hydrogen-bond donors (Lipinski definition) is 0. The highest BCUT2D eigenvalue weighted by Crippen LogP contribution is 2.31.